The largest absolute Gasteiger partial charge is 0.417 e. The van der Waals surface area contributed by atoms with E-state index in [4.69, 9.17) is 5.73 Å². The highest BCUT2D eigenvalue weighted by molar-refractivity contribution is 5.78. The zero-order chi connectivity index (χ0) is 16.3. The van der Waals surface area contributed by atoms with E-state index in [1.807, 2.05) is 6.92 Å². The fraction of sp³-hybridized carbons (Fsp3) is 0.600. The number of carbonyl (C=O) groups excluding carboxylic acids is 1. The molecule has 0 unspecified atom stereocenters. The molecule has 1 amide bonds. The van der Waals surface area contributed by atoms with Crippen molar-refractivity contribution < 1.29 is 18.0 Å². The Labute approximate surface area is 127 Å². The minimum Gasteiger partial charge on any atom is -0.338 e. The molecule has 0 saturated heterocycles. The van der Waals surface area contributed by atoms with Crippen LogP contribution in [-0.2, 0) is 23.9 Å². The molecule has 4 nitrogen and oxygen atoms in total. The van der Waals surface area contributed by atoms with Crippen molar-refractivity contribution in [3.05, 3.63) is 29.1 Å². The summed E-state index contributed by atoms with van der Waals surface area (Å²) < 4.78 is 38.2. The smallest absolute Gasteiger partial charge is 0.338 e. The van der Waals surface area contributed by atoms with E-state index in [9.17, 15) is 18.0 Å². The van der Waals surface area contributed by atoms with E-state index in [0.29, 0.717) is 37.2 Å². The number of nitrogens with two attached hydrogens (primary N) is 1. The number of carbonyl (C=O) groups is 1. The standard InChI is InChI=1S/C15H20F3N3O/c1-10(3-2-5-19)14(22)21-6-4-13-11(9-21)7-12(8-20-13)15(16,17)18/h7-8,10H,2-6,9,19H2,1H3/t10-/m1/s1. The molecule has 0 aliphatic carbocycles. The van der Waals surface area contributed by atoms with Gasteiger partial charge in [0.05, 0.1) is 5.56 Å². The number of rotatable bonds is 4. The molecule has 0 radical (unpaired) electrons. The van der Waals surface area contributed by atoms with Crippen LogP contribution in [0, 0.1) is 5.92 Å². The summed E-state index contributed by atoms with van der Waals surface area (Å²) in [6.45, 7) is 3.05. The van der Waals surface area contributed by atoms with Crippen molar-refractivity contribution in [2.75, 3.05) is 13.1 Å². The first kappa shape index (κ1) is 16.7. The number of fused-ring (bicyclic) bond motifs is 1. The summed E-state index contributed by atoms with van der Waals surface area (Å²) in [5.41, 5.74) is 5.80. The van der Waals surface area contributed by atoms with Gasteiger partial charge in [-0.05, 0) is 31.0 Å². The van der Waals surface area contributed by atoms with Crippen molar-refractivity contribution >= 4 is 5.91 Å². The Hall–Kier alpha value is -1.63. The van der Waals surface area contributed by atoms with Gasteiger partial charge in [0.2, 0.25) is 5.91 Å². The predicted molar refractivity (Wildman–Crippen MR) is 75.8 cm³/mol. The van der Waals surface area contributed by atoms with Crippen molar-refractivity contribution in [1.82, 2.24) is 9.88 Å². The Balaban J connectivity index is 2.11. The lowest BCUT2D eigenvalue weighted by molar-refractivity contribution is -0.137. The number of alkyl halides is 3. The fourth-order valence-electron chi connectivity index (χ4n) is 2.63. The van der Waals surface area contributed by atoms with Crippen LogP contribution in [0.5, 0.6) is 0 Å². The second kappa shape index (κ2) is 6.64. The van der Waals surface area contributed by atoms with Gasteiger partial charge in [0.25, 0.3) is 0 Å². The Bertz CT molecular complexity index is 545. The Kier molecular flexibility index (Phi) is 5.05. The number of amides is 1. The lowest BCUT2D eigenvalue weighted by Crippen LogP contribution is -2.39. The Morgan fingerprint density at radius 2 is 2.23 bits per heavy atom. The van der Waals surface area contributed by atoms with Gasteiger partial charge in [-0.15, -0.1) is 0 Å². The van der Waals surface area contributed by atoms with Gasteiger partial charge in [0, 0.05) is 37.3 Å². The number of aromatic nitrogens is 1. The van der Waals surface area contributed by atoms with Crippen LogP contribution in [0.2, 0.25) is 0 Å². The minimum absolute atomic E-state index is 0.0310. The first-order valence-electron chi connectivity index (χ1n) is 7.36. The molecule has 1 aliphatic rings. The minimum atomic E-state index is -4.41. The molecule has 122 valence electrons. The van der Waals surface area contributed by atoms with E-state index in [0.717, 1.165) is 18.7 Å². The SMILES string of the molecule is C[C@H](CCCN)C(=O)N1CCc2ncc(C(F)(F)F)cc2C1. The van der Waals surface area contributed by atoms with Crippen molar-refractivity contribution in [2.24, 2.45) is 11.7 Å². The van der Waals surface area contributed by atoms with Gasteiger partial charge < -0.3 is 10.6 Å². The summed E-state index contributed by atoms with van der Waals surface area (Å²) in [5, 5.41) is 0. The van der Waals surface area contributed by atoms with Gasteiger partial charge in [0.1, 0.15) is 0 Å². The molecule has 2 rings (SSSR count). The number of hydrogen-bond acceptors (Lipinski definition) is 3. The van der Waals surface area contributed by atoms with Gasteiger partial charge >= 0.3 is 6.18 Å². The third kappa shape index (κ3) is 3.76. The second-order valence-electron chi connectivity index (χ2n) is 5.67. The monoisotopic (exact) mass is 315 g/mol. The highest BCUT2D eigenvalue weighted by Crippen LogP contribution is 2.31. The molecule has 7 heteroatoms. The fourth-order valence-corrected chi connectivity index (χ4v) is 2.63. The molecular formula is C15H20F3N3O. The van der Waals surface area contributed by atoms with E-state index >= 15 is 0 Å². The van der Waals surface area contributed by atoms with E-state index in [1.54, 1.807) is 4.90 Å². The van der Waals surface area contributed by atoms with Crippen LogP contribution in [0.4, 0.5) is 13.2 Å². The van der Waals surface area contributed by atoms with Crippen molar-refractivity contribution in [3.63, 3.8) is 0 Å². The molecule has 1 aromatic heterocycles. The lowest BCUT2D eigenvalue weighted by Gasteiger charge is -2.30. The van der Waals surface area contributed by atoms with Gasteiger partial charge in [-0.25, -0.2) is 0 Å². The van der Waals surface area contributed by atoms with Crippen LogP contribution in [0.3, 0.4) is 0 Å². The summed E-state index contributed by atoms with van der Waals surface area (Å²) in [6, 6.07) is 1.10. The quantitative estimate of drug-likeness (QED) is 0.928. The number of nitrogens with zero attached hydrogens (tertiary/aromatic N) is 2. The third-order valence-electron chi connectivity index (χ3n) is 3.94. The van der Waals surface area contributed by atoms with Crippen molar-refractivity contribution in [3.8, 4) is 0 Å². The van der Waals surface area contributed by atoms with Crippen LogP contribution in [0.15, 0.2) is 12.3 Å². The molecule has 0 spiro atoms. The number of halogens is 3. The zero-order valence-corrected chi connectivity index (χ0v) is 12.5. The maximum atomic E-state index is 12.7. The average Bonchev–Trinajstić information content (AvgIpc) is 2.49. The molecule has 2 N–H and O–H groups in total. The van der Waals surface area contributed by atoms with Gasteiger partial charge in [-0.1, -0.05) is 6.92 Å². The summed E-state index contributed by atoms with van der Waals surface area (Å²) in [5.74, 6) is -0.194. The number of pyridine rings is 1. The van der Waals surface area contributed by atoms with Crippen LogP contribution in [0.25, 0.3) is 0 Å². The maximum Gasteiger partial charge on any atom is 0.417 e. The van der Waals surface area contributed by atoms with E-state index in [-0.39, 0.29) is 18.4 Å². The van der Waals surface area contributed by atoms with Crippen LogP contribution in [0.1, 0.15) is 36.6 Å². The second-order valence-corrected chi connectivity index (χ2v) is 5.67. The molecule has 1 aliphatic heterocycles. The first-order valence-corrected chi connectivity index (χ1v) is 7.36. The molecule has 2 heterocycles. The molecule has 22 heavy (non-hydrogen) atoms. The zero-order valence-electron chi connectivity index (χ0n) is 12.5. The van der Waals surface area contributed by atoms with Gasteiger partial charge in [0.15, 0.2) is 0 Å². The van der Waals surface area contributed by atoms with Gasteiger partial charge in [-0.2, -0.15) is 13.2 Å². The summed E-state index contributed by atoms with van der Waals surface area (Å²) in [4.78, 5) is 17.9. The third-order valence-corrected chi connectivity index (χ3v) is 3.94. The van der Waals surface area contributed by atoms with Crippen LogP contribution in [-0.4, -0.2) is 28.9 Å². The lowest BCUT2D eigenvalue weighted by atomic mass is 9.99. The summed E-state index contributed by atoms with van der Waals surface area (Å²) in [7, 11) is 0. The Morgan fingerprint density at radius 3 is 2.86 bits per heavy atom. The topological polar surface area (TPSA) is 59.2 Å². The molecule has 0 saturated carbocycles. The Morgan fingerprint density at radius 1 is 1.50 bits per heavy atom. The molecule has 1 aromatic rings. The normalized spacial score (nSPS) is 16.3. The van der Waals surface area contributed by atoms with Crippen LogP contribution >= 0.6 is 0 Å². The van der Waals surface area contributed by atoms with Crippen molar-refractivity contribution in [1.29, 1.82) is 0 Å². The van der Waals surface area contributed by atoms with E-state index < -0.39 is 11.7 Å². The van der Waals surface area contributed by atoms with E-state index in [2.05, 4.69) is 4.98 Å². The highest BCUT2D eigenvalue weighted by atomic mass is 19.4. The molecule has 1 atom stereocenters. The maximum absolute atomic E-state index is 12.7. The van der Waals surface area contributed by atoms with E-state index in [1.165, 1.54) is 0 Å². The molecule has 0 aromatic carbocycles. The summed E-state index contributed by atoms with van der Waals surface area (Å²) in [6.07, 6.45) is -1.61. The van der Waals surface area contributed by atoms with Crippen molar-refractivity contribution in [2.45, 2.75) is 38.9 Å². The number of hydrogen-bond donors (Lipinski definition) is 1. The summed E-state index contributed by atoms with van der Waals surface area (Å²) >= 11 is 0. The molecule has 0 fully saturated rings. The van der Waals surface area contributed by atoms with Gasteiger partial charge in [-0.3, -0.25) is 9.78 Å². The average molecular weight is 315 g/mol. The first-order chi connectivity index (χ1) is 10.3. The molecular weight excluding hydrogens is 295 g/mol. The van der Waals surface area contributed by atoms with Crippen LogP contribution < -0.4 is 5.73 Å². The predicted octanol–water partition coefficient (Wildman–Crippen LogP) is 2.36. The molecule has 0 bridgehead atoms. The highest BCUT2D eigenvalue weighted by Gasteiger charge is 2.33.